The lowest BCUT2D eigenvalue weighted by atomic mass is 9.70. The quantitative estimate of drug-likeness (QED) is 0.846. The lowest BCUT2D eigenvalue weighted by Gasteiger charge is -2.44. The second-order valence-electron chi connectivity index (χ2n) is 7.93. The van der Waals surface area contributed by atoms with Crippen molar-refractivity contribution >= 4 is 11.9 Å². The molecule has 2 aliphatic rings. The molecule has 2 unspecified atom stereocenters. The predicted octanol–water partition coefficient (Wildman–Crippen LogP) is 0.881. The maximum absolute atomic E-state index is 12.5. The minimum atomic E-state index is -0.0102. The first kappa shape index (κ1) is 18.1. The highest BCUT2D eigenvalue weighted by molar-refractivity contribution is 5.79. The molecule has 0 radical (unpaired) electrons. The van der Waals surface area contributed by atoms with Crippen LogP contribution in [-0.4, -0.2) is 60.5 Å². The zero-order valence-corrected chi connectivity index (χ0v) is 16.0. The molecular formula is C18H30N6O. The third kappa shape index (κ3) is 3.62. The number of aromatic nitrogens is 2. The number of amides is 1. The van der Waals surface area contributed by atoms with E-state index in [9.17, 15) is 4.79 Å². The maximum Gasteiger partial charge on any atom is 0.228 e. The van der Waals surface area contributed by atoms with Crippen LogP contribution < -0.4 is 15.8 Å². The number of nitrogens with zero attached hydrogens (tertiary/aromatic N) is 4. The molecule has 2 saturated heterocycles. The van der Waals surface area contributed by atoms with Gasteiger partial charge < -0.3 is 9.80 Å². The number of anilines is 1. The molecule has 2 atom stereocenters. The van der Waals surface area contributed by atoms with E-state index < -0.39 is 0 Å². The standard InChI is InChI=1S/C18H30N6O/c1-12-10-13(2)21-17(20-12)24-8-6-18(3,7-9-24)15-14(11-19-22-15)16(25)23(4)5/h10,14-15,19,22H,6-9,11H2,1-5H3. The molecule has 1 amide bonds. The van der Waals surface area contributed by atoms with Crippen LogP contribution in [0.15, 0.2) is 6.07 Å². The van der Waals surface area contributed by atoms with Gasteiger partial charge in [-0.3, -0.25) is 15.6 Å². The van der Waals surface area contributed by atoms with Crippen molar-refractivity contribution in [2.24, 2.45) is 11.3 Å². The Morgan fingerprint density at radius 2 is 1.84 bits per heavy atom. The number of aryl methyl sites for hydroxylation is 2. The number of hydrazine groups is 1. The first-order chi connectivity index (χ1) is 11.8. The summed E-state index contributed by atoms with van der Waals surface area (Å²) in [6.07, 6.45) is 2.03. The van der Waals surface area contributed by atoms with Crippen molar-refractivity contribution in [2.75, 3.05) is 38.6 Å². The van der Waals surface area contributed by atoms with Crippen LogP contribution in [0.5, 0.6) is 0 Å². The summed E-state index contributed by atoms with van der Waals surface area (Å²) in [4.78, 5) is 25.7. The van der Waals surface area contributed by atoms with Gasteiger partial charge in [-0.2, -0.15) is 0 Å². The van der Waals surface area contributed by atoms with Gasteiger partial charge >= 0.3 is 0 Å². The van der Waals surface area contributed by atoms with Crippen molar-refractivity contribution in [3.05, 3.63) is 17.5 Å². The normalized spacial score (nSPS) is 25.9. The van der Waals surface area contributed by atoms with E-state index in [4.69, 9.17) is 0 Å². The third-order valence-corrected chi connectivity index (χ3v) is 5.65. The van der Waals surface area contributed by atoms with Gasteiger partial charge in [0.05, 0.1) is 5.92 Å². The minimum absolute atomic E-state index is 0.0102. The summed E-state index contributed by atoms with van der Waals surface area (Å²) in [6, 6.07) is 2.16. The van der Waals surface area contributed by atoms with Gasteiger partial charge in [0.25, 0.3) is 0 Å². The largest absolute Gasteiger partial charge is 0.348 e. The number of piperidine rings is 1. The van der Waals surface area contributed by atoms with Crippen LogP contribution in [0.3, 0.4) is 0 Å². The number of rotatable bonds is 3. The highest BCUT2D eigenvalue weighted by Gasteiger charge is 2.46. The van der Waals surface area contributed by atoms with E-state index in [2.05, 4.69) is 32.6 Å². The molecule has 138 valence electrons. The molecule has 0 bridgehead atoms. The lowest BCUT2D eigenvalue weighted by molar-refractivity contribution is -0.134. The Bertz CT molecular complexity index is 618. The van der Waals surface area contributed by atoms with Crippen molar-refractivity contribution in [2.45, 2.75) is 39.7 Å². The predicted molar refractivity (Wildman–Crippen MR) is 98.2 cm³/mol. The molecule has 2 N–H and O–H groups in total. The first-order valence-corrected chi connectivity index (χ1v) is 9.07. The molecule has 0 aliphatic carbocycles. The number of nitrogens with one attached hydrogen (secondary N) is 2. The van der Waals surface area contributed by atoms with E-state index in [1.165, 1.54) is 0 Å². The van der Waals surface area contributed by atoms with Gasteiger partial charge in [0, 0.05) is 51.2 Å². The number of carbonyl (C=O) groups is 1. The Labute approximate surface area is 150 Å². The van der Waals surface area contributed by atoms with Crippen molar-refractivity contribution in [3.8, 4) is 0 Å². The fourth-order valence-corrected chi connectivity index (χ4v) is 4.10. The molecule has 7 heteroatoms. The lowest BCUT2D eigenvalue weighted by Crippen LogP contribution is -2.53. The van der Waals surface area contributed by atoms with Crippen LogP contribution in [-0.2, 0) is 4.79 Å². The van der Waals surface area contributed by atoms with Gasteiger partial charge in [-0.05, 0) is 38.2 Å². The van der Waals surface area contributed by atoms with Crippen molar-refractivity contribution in [1.82, 2.24) is 25.7 Å². The highest BCUT2D eigenvalue weighted by atomic mass is 16.2. The Kier molecular flexibility index (Phi) is 4.97. The molecule has 1 aromatic heterocycles. The zero-order chi connectivity index (χ0) is 18.2. The van der Waals surface area contributed by atoms with Crippen molar-refractivity contribution in [1.29, 1.82) is 0 Å². The number of hydrogen-bond acceptors (Lipinski definition) is 6. The van der Waals surface area contributed by atoms with Gasteiger partial charge in [0.1, 0.15) is 0 Å². The zero-order valence-electron chi connectivity index (χ0n) is 16.0. The second kappa shape index (κ2) is 6.88. The van der Waals surface area contributed by atoms with Crippen molar-refractivity contribution in [3.63, 3.8) is 0 Å². The van der Waals surface area contributed by atoms with E-state index in [0.29, 0.717) is 6.54 Å². The Balaban J connectivity index is 1.70. The van der Waals surface area contributed by atoms with Crippen LogP contribution in [0.25, 0.3) is 0 Å². The van der Waals surface area contributed by atoms with Crippen LogP contribution >= 0.6 is 0 Å². The van der Waals surface area contributed by atoms with Gasteiger partial charge in [0.2, 0.25) is 11.9 Å². The van der Waals surface area contributed by atoms with E-state index in [0.717, 1.165) is 43.3 Å². The van der Waals surface area contributed by atoms with Gasteiger partial charge in [-0.15, -0.1) is 0 Å². The fourth-order valence-electron chi connectivity index (χ4n) is 4.10. The molecule has 3 rings (SSSR count). The van der Waals surface area contributed by atoms with E-state index in [-0.39, 0.29) is 23.3 Å². The second-order valence-corrected chi connectivity index (χ2v) is 7.93. The SMILES string of the molecule is Cc1cc(C)nc(N2CCC(C)(C3NNCC3C(=O)N(C)C)CC2)n1. The molecule has 7 nitrogen and oxygen atoms in total. The fraction of sp³-hybridized carbons (Fsp3) is 0.722. The van der Waals surface area contributed by atoms with Gasteiger partial charge in [0.15, 0.2) is 0 Å². The van der Waals surface area contributed by atoms with Crippen molar-refractivity contribution < 1.29 is 4.79 Å². The number of hydrogen-bond donors (Lipinski definition) is 2. The highest BCUT2D eigenvalue weighted by Crippen LogP contribution is 2.39. The van der Waals surface area contributed by atoms with Gasteiger partial charge in [-0.1, -0.05) is 6.92 Å². The molecule has 0 spiro atoms. The molecule has 3 heterocycles. The summed E-state index contributed by atoms with van der Waals surface area (Å²) >= 11 is 0. The van der Waals surface area contributed by atoms with Crippen LogP contribution in [0.4, 0.5) is 5.95 Å². The topological polar surface area (TPSA) is 73.4 Å². The first-order valence-electron chi connectivity index (χ1n) is 9.07. The average Bonchev–Trinajstić information content (AvgIpc) is 3.04. The molecule has 1 aromatic rings. The molecule has 0 aromatic carbocycles. The third-order valence-electron chi connectivity index (χ3n) is 5.65. The van der Waals surface area contributed by atoms with E-state index >= 15 is 0 Å². The summed E-state index contributed by atoms with van der Waals surface area (Å²) < 4.78 is 0. The summed E-state index contributed by atoms with van der Waals surface area (Å²) in [5.74, 6) is 1.02. The maximum atomic E-state index is 12.5. The molecule has 2 fully saturated rings. The Hall–Kier alpha value is -1.73. The van der Waals surface area contributed by atoms with Gasteiger partial charge in [-0.25, -0.2) is 9.97 Å². The van der Waals surface area contributed by atoms with Crippen LogP contribution in [0.1, 0.15) is 31.2 Å². The summed E-state index contributed by atoms with van der Waals surface area (Å²) in [5.41, 5.74) is 8.68. The van der Waals surface area contributed by atoms with Crippen LogP contribution in [0.2, 0.25) is 0 Å². The Morgan fingerprint density at radius 1 is 1.24 bits per heavy atom. The van der Waals surface area contributed by atoms with Crippen LogP contribution in [0, 0.1) is 25.2 Å². The van der Waals surface area contributed by atoms with E-state index in [1.54, 1.807) is 4.90 Å². The summed E-state index contributed by atoms with van der Waals surface area (Å²) in [5, 5.41) is 0. The summed E-state index contributed by atoms with van der Waals surface area (Å²) in [6.45, 7) is 8.85. The summed E-state index contributed by atoms with van der Waals surface area (Å²) in [7, 11) is 3.67. The Morgan fingerprint density at radius 3 is 2.40 bits per heavy atom. The smallest absolute Gasteiger partial charge is 0.228 e. The molecule has 0 saturated carbocycles. The number of carbonyl (C=O) groups excluding carboxylic acids is 1. The molecule has 25 heavy (non-hydrogen) atoms. The molecule has 2 aliphatic heterocycles. The van der Waals surface area contributed by atoms with E-state index in [1.807, 2.05) is 34.0 Å². The monoisotopic (exact) mass is 346 g/mol. The molecular weight excluding hydrogens is 316 g/mol. The average molecular weight is 346 g/mol. The minimum Gasteiger partial charge on any atom is -0.348 e.